The summed E-state index contributed by atoms with van der Waals surface area (Å²) in [6, 6.07) is 8.92. The van der Waals surface area contributed by atoms with E-state index < -0.39 is 0 Å². The summed E-state index contributed by atoms with van der Waals surface area (Å²) < 4.78 is 0. The third-order valence-electron chi connectivity index (χ3n) is 2.82. The third-order valence-corrected chi connectivity index (χ3v) is 3.92. The van der Waals surface area contributed by atoms with Crippen LogP contribution in [0.5, 0.6) is 0 Å². The van der Waals surface area contributed by atoms with E-state index in [1.807, 2.05) is 17.8 Å². The summed E-state index contributed by atoms with van der Waals surface area (Å²) >= 11 is 1.96. The van der Waals surface area contributed by atoms with E-state index in [4.69, 9.17) is 0 Å². The van der Waals surface area contributed by atoms with Crippen LogP contribution in [0, 0.1) is 0 Å². The smallest absolute Gasteiger partial charge is 0.0205 e. The first-order valence-electron chi connectivity index (χ1n) is 6.90. The molecule has 1 aromatic rings. The topological polar surface area (TPSA) is 12.0 Å². The van der Waals surface area contributed by atoms with Gasteiger partial charge in [0.15, 0.2) is 0 Å². The van der Waals surface area contributed by atoms with Crippen molar-refractivity contribution in [2.45, 2.75) is 44.0 Å². The number of benzene rings is 1. The van der Waals surface area contributed by atoms with Crippen molar-refractivity contribution in [2.75, 3.05) is 12.3 Å². The molecule has 0 aromatic heterocycles. The second kappa shape index (κ2) is 10.2. The summed E-state index contributed by atoms with van der Waals surface area (Å²) in [4.78, 5) is 1.39. The zero-order chi connectivity index (χ0) is 13.1. The van der Waals surface area contributed by atoms with Crippen LogP contribution in [0.3, 0.4) is 0 Å². The lowest BCUT2D eigenvalue weighted by Crippen LogP contribution is -2.11. The highest BCUT2D eigenvalue weighted by molar-refractivity contribution is 7.99. The van der Waals surface area contributed by atoms with E-state index >= 15 is 0 Å². The fourth-order valence-electron chi connectivity index (χ4n) is 1.73. The van der Waals surface area contributed by atoms with E-state index in [0.29, 0.717) is 0 Å². The molecule has 1 N–H and O–H groups in total. The number of unbranched alkanes of at least 4 members (excludes halogenated alkanes) is 3. The summed E-state index contributed by atoms with van der Waals surface area (Å²) in [5.41, 5.74) is 1.37. The molecule has 0 saturated heterocycles. The molecular formula is C16H25NS. The Kier molecular flexibility index (Phi) is 8.70. The molecule has 0 fully saturated rings. The van der Waals surface area contributed by atoms with Crippen LogP contribution in [0.15, 0.2) is 41.8 Å². The van der Waals surface area contributed by atoms with E-state index in [-0.39, 0.29) is 0 Å². The predicted molar refractivity (Wildman–Crippen MR) is 83.2 cm³/mol. The molecule has 0 aliphatic rings. The Hall–Kier alpha value is -0.730. The molecule has 0 aliphatic carbocycles. The predicted octanol–water partition coefficient (Wildman–Crippen LogP) is 4.63. The quantitative estimate of drug-likeness (QED) is 0.375. The van der Waals surface area contributed by atoms with Crippen LogP contribution in [0.25, 0.3) is 0 Å². The van der Waals surface area contributed by atoms with Gasteiger partial charge in [0.05, 0.1) is 0 Å². The Morgan fingerprint density at radius 1 is 1.17 bits per heavy atom. The molecule has 1 nitrogen and oxygen atoms in total. The number of hydrogen-bond acceptors (Lipinski definition) is 2. The molecular weight excluding hydrogens is 238 g/mol. The van der Waals surface area contributed by atoms with Crippen molar-refractivity contribution in [1.29, 1.82) is 0 Å². The van der Waals surface area contributed by atoms with Gasteiger partial charge >= 0.3 is 0 Å². The molecule has 0 spiro atoms. The van der Waals surface area contributed by atoms with Gasteiger partial charge in [0.1, 0.15) is 0 Å². The van der Waals surface area contributed by atoms with Crippen LogP contribution in [-0.4, -0.2) is 12.3 Å². The number of allylic oxidation sites excluding steroid dienone is 1. The van der Waals surface area contributed by atoms with E-state index in [1.54, 1.807) is 0 Å². The van der Waals surface area contributed by atoms with Gasteiger partial charge in [-0.15, -0.1) is 18.3 Å². The molecule has 1 aromatic carbocycles. The minimum atomic E-state index is 0.975. The monoisotopic (exact) mass is 263 g/mol. The molecule has 2 heteroatoms. The molecule has 1 rings (SSSR count). The molecule has 0 bridgehead atoms. The summed E-state index contributed by atoms with van der Waals surface area (Å²) in [6.45, 7) is 7.88. The van der Waals surface area contributed by atoms with Gasteiger partial charge in [-0.2, -0.15) is 0 Å². The van der Waals surface area contributed by atoms with Crippen LogP contribution in [0.1, 0.15) is 38.2 Å². The van der Waals surface area contributed by atoms with Crippen LogP contribution >= 0.6 is 11.8 Å². The van der Waals surface area contributed by atoms with Crippen molar-refractivity contribution < 1.29 is 0 Å². The number of hydrogen-bond donors (Lipinski definition) is 1. The maximum absolute atomic E-state index is 3.75. The van der Waals surface area contributed by atoms with Crippen LogP contribution in [-0.2, 0) is 6.54 Å². The number of rotatable bonds is 10. The van der Waals surface area contributed by atoms with E-state index in [9.17, 15) is 0 Å². The number of thioether (sulfide) groups is 1. The van der Waals surface area contributed by atoms with Gasteiger partial charge in [0.25, 0.3) is 0 Å². The maximum atomic E-state index is 3.75. The van der Waals surface area contributed by atoms with Crippen LogP contribution < -0.4 is 5.32 Å². The van der Waals surface area contributed by atoms with Gasteiger partial charge in [-0.25, -0.2) is 0 Å². The van der Waals surface area contributed by atoms with Crippen molar-refractivity contribution in [1.82, 2.24) is 5.32 Å². The molecule has 0 atom stereocenters. The zero-order valence-electron chi connectivity index (χ0n) is 11.5. The summed E-state index contributed by atoms with van der Waals surface area (Å²) in [5.74, 6) is 1.23. The Labute approximate surface area is 116 Å². The Balaban J connectivity index is 2.16. The zero-order valence-corrected chi connectivity index (χ0v) is 12.3. The van der Waals surface area contributed by atoms with Gasteiger partial charge in [-0.1, -0.05) is 31.6 Å². The SMILES string of the molecule is C=CCCCCCSc1ccc(CNCC)cc1. The van der Waals surface area contributed by atoms with Crippen molar-refractivity contribution in [2.24, 2.45) is 0 Å². The van der Waals surface area contributed by atoms with Gasteiger partial charge in [0, 0.05) is 11.4 Å². The van der Waals surface area contributed by atoms with Crippen LogP contribution in [0.4, 0.5) is 0 Å². The second-order valence-corrected chi connectivity index (χ2v) is 5.58. The van der Waals surface area contributed by atoms with Crippen molar-refractivity contribution >= 4 is 11.8 Å². The fourth-order valence-corrected chi connectivity index (χ4v) is 2.64. The van der Waals surface area contributed by atoms with Gasteiger partial charge in [-0.3, -0.25) is 0 Å². The Morgan fingerprint density at radius 3 is 2.61 bits per heavy atom. The molecule has 0 aliphatic heterocycles. The highest BCUT2D eigenvalue weighted by Crippen LogP contribution is 2.20. The third kappa shape index (κ3) is 6.87. The lowest BCUT2D eigenvalue weighted by atomic mass is 10.2. The first-order chi connectivity index (χ1) is 8.86. The Morgan fingerprint density at radius 2 is 1.94 bits per heavy atom. The lowest BCUT2D eigenvalue weighted by molar-refractivity contribution is 0.726. The highest BCUT2D eigenvalue weighted by Gasteiger charge is 1.96. The maximum Gasteiger partial charge on any atom is 0.0205 e. The summed E-state index contributed by atoms with van der Waals surface area (Å²) in [6.07, 6.45) is 7.07. The summed E-state index contributed by atoms with van der Waals surface area (Å²) in [5, 5.41) is 3.34. The van der Waals surface area contributed by atoms with Crippen molar-refractivity contribution in [3.8, 4) is 0 Å². The standard InChI is InChI=1S/C16H25NS/c1-3-5-6-7-8-13-18-16-11-9-15(10-12-16)14-17-4-2/h3,9-12,17H,1,4-8,13-14H2,2H3. The number of nitrogens with one attached hydrogen (secondary N) is 1. The van der Waals surface area contributed by atoms with Gasteiger partial charge < -0.3 is 5.32 Å². The molecule has 0 radical (unpaired) electrons. The van der Waals surface area contributed by atoms with E-state index in [0.717, 1.165) is 19.5 Å². The van der Waals surface area contributed by atoms with E-state index in [1.165, 1.54) is 35.5 Å². The lowest BCUT2D eigenvalue weighted by Gasteiger charge is -2.04. The molecule has 0 unspecified atom stereocenters. The van der Waals surface area contributed by atoms with Crippen molar-refractivity contribution in [3.05, 3.63) is 42.5 Å². The van der Waals surface area contributed by atoms with E-state index in [2.05, 4.69) is 43.1 Å². The largest absolute Gasteiger partial charge is 0.313 e. The molecule has 0 amide bonds. The molecule has 0 saturated carbocycles. The van der Waals surface area contributed by atoms with Gasteiger partial charge in [0.2, 0.25) is 0 Å². The molecule has 0 heterocycles. The molecule has 100 valence electrons. The van der Waals surface area contributed by atoms with Crippen molar-refractivity contribution in [3.63, 3.8) is 0 Å². The average molecular weight is 263 g/mol. The highest BCUT2D eigenvalue weighted by atomic mass is 32.2. The average Bonchev–Trinajstić information content (AvgIpc) is 2.42. The molecule has 18 heavy (non-hydrogen) atoms. The Bertz CT molecular complexity index is 318. The summed E-state index contributed by atoms with van der Waals surface area (Å²) in [7, 11) is 0. The fraction of sp³-hybridized carbons (Fsp3) is 0.500. The van der Waals surface area contributed by atoms with Gasteiger partial charge in [-0.05, 0) is 49.3 Å². The van der Waals surface area contributed by atoms with Crippen LogP contribution in [0.2, 0.25) is 0 Å². The first-order valence-corrected chi connectivity index (χ1v) is 7.88. The minimum absolute atomic E-state index is 0.975. The first kappa shape index (κ1) is 15.3. The second-order valence-electron chi connectivity index (χ2n) is 4.41. The minimum Gasteiger partial charge on any atom is -0.313 e. The normalized spacial score (nSPS) is 10.5.